The van der Waals surface area contributed by atoms with E-state index in [-0.39, 0.29) is 5.91 Å². The fraction of sp³-hybridized carbons (Fsp3) is 0.200. The van der Waals surface area contributed by atoms with Crippen LogP contribution >= 0.6 is 22.6 Å². The lowest BCUT2D eigenvalue weighted by atomic mass is 10.2. The monoisotopic (exact) mass is 560 g/mol. The van der Waals surface area contributed by atoms with E-state index in [0.717, 1.165) is 14.7 Å². The van der Waals surface area contributed by atoms with Crippen LogP contribution in [-0.2, 0) is 6.61 Å². The lowest BCUT2D eigenvalue weighted by Crippen LogP contribution is -2.17. The van der Waals surface area contributed by atoms with Crippen molar-refractivity contribution in [1.82, 2.24) is 5.43 Å². The Balaban J connectivity index is 1.69. The van der Waals surface area contributed by atoms with Crippen molar-refractivity contribution in [3.05, 3.63) is 80.9 Å². The smallest absolute Gasteiger partial charge is 0.271 e. The number of nitrogens with zero attached hydrogens (tertiary/aromatic N) is 1. The first-order valence-corrected chi connectivity index (χ1v) is 11.3. The Morgan fingerprint density at radius 1 is 0.970 bits per heavy atom. The molecule has 0 aliphatic carbocycles. The molecule has 0 aliphatic heterocycles. The molecule has 0 saturated carbocycles. The van der Waals surface area contributed by atoms with Gasteiger partial charge in [-0.3, -0.25) is 4.79 Å². The van der Waals surface area contributed by atoms with Gasteiger partial charge in [0.2, 0.25) is 0 Å². The standard InChI is InChI=1S/C25H25IN2O5/c1-4-32-22-14-19(10-11-21(22)33-16-17-8-6-5-7-9-17)25(29)28-27-15-18-12-20(26)24(31-3)23(13-18)30-2/h5-15H,4,16H2,1-3H3,(H,28,29)/b27-15+. The number of ether oxygens (including phenoxy) is 4. The van der Waals surface area contributed by atoms with E-state index in [1.807, 2.05) is 43.3 Å². The Hall–Kier alpha value is -3.27. The van der Waals surface area contributed by atoms with Crippen LogP contribution in [0.15, 0.2) is 65.8 Å². The number of benzene rings is 3. The van der Waals surface area contributed by atoms with Crippen LogP contribution in [0.3, 0.4) is 0 Å². The van der Waals surface area contributed by atoms with Crippen molar-refractivity contribution in [2.24, 2.45) is 5.10 Å². The highest BCUT2D eigenvalue weighted by Crippen LogP contribution is 2.33. The average molecular weight is 560 g/mol. The predicted molar refractivity (Wildman–Crippen MR) is 136 cm³/mol. The van der Waals surface area contributed by atoms with Gasteiger partial charge < -0.3 is 18.9 Å². The Labute approximate surface area is 206 Å². The number of methoxy groups -OCH3 is 2. The number of hydrogen-bond donors (Lipinski definition) is 1. The van der Waals surface area contributed by atoms with E-state index in [1.165, 1.54) is 0 Å². The summed E-state index contributed by atoms with van der Waals surface area (Å²) < 4.78 is 23.1. The number of hydrazone groups is 1. The van der Waals surface area contributed by atoms with Crippen molar-refractivity contribution in [3.8, 4) is 23.0 Å². The molecular formula is C25H25IN2O5. The molecule has 3 aromatic rings. The SMILES string of the molecule is CCOc1cc(C(=O)N/N=C/c2cc(I)c(OC)c(OC)c2)ccc1OCc1ccccc1. The maximum atomic E-state index is 12.6. The van der Waals surface area contributed by atoms with Crippen LogP contribution in [0.25, 0.3) is 0 Å². The fourth-order valence-electron chi connectivity index (χ4n) is 3.01. The number of amides is 1. The molecule has 0 fully saturated rings. The second-order valence-corrected chi connectivity index (χ2v) is 7.97. The Bertz CT molecular complexity index is 1120. The quantitative estimate of drug-likeness (QED) is 0.213. The first-order valence-electron chi connectivity index (χ1n) is 10.2. The van der Waals surface area contributed by atoms with Gasteiger partial charge in [0.1, 0.15) is 6.61 Å². The predicted octanol–water partition coefficient (Wildman–Crippen LogP) is 5.05. The highest BCUT2D eigenvalue weighted by Gasteiger charge is 2.12. The summed E-state index contributed by atoms with van der Waals surface area (Å²) in [5.74, 6) is 1.94. The van der Waals surface area contributed by atoms with Gasteiger partial charge in [0, 0.05) is 5.56 Å². The van der Waals surface area contributed by atoms with Crippen molar-refractivity contribution >= 4 is 34.7 Å². The molecule has 0 radical (unpaired) electrons. The second kappa shape index (κ2) is 12.1. The zero-order chi connectivity index (χ0) is 23.6. The summed E-state index contributed by atoms with van der Waals surface area (Å²) in [5.41, 5.74) is 4.75. The number of halogens is 1. The third kappa shape index (κ3) is 6.61. The van der Waals surface area contributed by atoms with Gasteiger partial charge in [-0.2, -0.15) is 5.10 Å². The summed E-state index contributed by atoms with van der Waals surface area (Å²) in [6.45, 7) is 2.73. The molecule has 172 valence electrons. The molecule has 3 aromatic carbocycles. The summed E-state index contributed by atoms with van der Waals surface area (Å²) in [4.78, 5) is 12.6. The number of nitrogens with one attached hydrogen (secondary N) is 1. The van der Waals surface area contributed by atoms with Gasteiger partial charge in [0.25, 0.3) is 5.91 Å². The van der Waals surface area contributed by atoms with E-state index >= 15 is 0 Å². The maximum Gasteiger partial charge on any atom is 0.271 e. The molecule has 0 aromatic heterocycles. The van der Waals surface area contributed by atoms with Crippen LogP contribution in [0, 0.1) is 3.57 Å². The van der Waals surface area contributed by atoms with Crippen molar-refractivity contribution in [2.45, 2.75) is 13.5 Å². The number of carbonyl (C=O) groups is 1. The maximum absolute atomic E-state index is 12.6. The van der Waals surface area contributed by atoms with E-state index in [1.54, 1.807) is 44.7 Å². The average Bonchev–Trinajstić information content (AvgIpc) is 2.83. The summed E-state index contributed by atoms with van der Waals surface area (Å²) in [6, 6.07) is 18.5. The number of hydrogen-bond acceptors (Lipinski definition) is 6. The Morgan fingerprint density at radius 3 is 2.45 bits per heavy atom. The molecule has 7 nitrogen and oxygen atoms in total. The van der Waals surface area contributed by atoms with Crippen molar-refractivity contribution in [3.63, 3.8) is 0 Å². The summed E-state index contributed by atoms with van der Waals surface area (Å²) in [7, 11) is 3.16. The van der Waals surface area contributed by atoms with E-state index in [4.69, 9.17) is 18.9 Å². The molecule has 8 heteroatoms. The minimum Gasteiger partial charge on any atom is -0.493 e. The second-order valence-electron chi connectivity index (χ2n) is 6.81. The van der Waals surface area contributed by atoms with Gasteiger partial charge in [0.05, 0.1) is 30.6 Å². The highest BCUT2D eigenvalue weighted by molar-refractivity contribution is 14.1. The fourth-order valence-corrected chi connectivity index (χ4v) is 3.86. The zero-order valence-electron chi connectivity index (χ0n) is 18.6. The molecule has 0 spiro atoms. The van der Waals surface area contributed by atoms with Crippen molar-refractivity contribution in [1.29, 1.82) is 0 Å². The molecule has 0 saturated heterocycles. The molecule has 0 bridgehead atoms. The van der Waals surface area contributed by atoms with Crippen LogP contribution in [0.1, 0.15) is 28.4 Å². The van der Waals surface area contributed by atoms with Gasteiger partial charge in [-0.1, -0.05) is 30.3 Å². The zero-order valence-corrected chi connectivity index (χ0v) is 20.8. The van der Waals surface area contributed by atoms with Crippen LogP contribution in [-0.4, -0.2) is 32.9 Å². The first-order chi connectivity index (χ1) is 16.0. The first kappa shape index (κ1) is 24.4. The van der Waals surface area contributed by atoms with E-state index in [2.05, 4.69) is 33.1 Å². The van der Waals surface area contributed by atoms with Gasteiger partial charge >= 0.3 is 0 Å². The number of rotatable bonds is 10. The van der Waals surface area contributed by atoms with Gasteiger partial charge in [-0.05, 0) is 71.0 Å². The minimum absolute atomic E-state index is 0.364. The van der Waals surface area contributed by atoms with Gasteiger partial charge in [0.15, 0.2) is 23.0 Å². The topological polar surface area (TPSA) is 78.4 Å². The Morgan fingerprint density at radius 2 is 1.76 bits per heavy atom. The van der Waals surface area contributed by atoms with E-state index in [0.29, 0.717) is 41.8 Å². The summed E-state index contributed by atoms with van der Waals surface area (Å²) in [5, 5.41) is 4.07. The van der Waals surface area contributed by atoms with Crippen LogP contribution in [0.4, 0.5) is 0 Å². The molecule has 1 amide bonds. The van der Waals surface area contributed by atoms with Crippen LogP contribution < -0.4 is 24.4 Å². The third-order valence-corrected chi connectivity index (χ3v) is 5.38. The molecule has 0 heterocycles. The van der Waals surface area contributed by atoms with Crippen molar-refractivity contribution < 1.29 is 23.7 Å². The van der Waals surface area contributed by atoms with Crippen molar-refractivity contribution in [2.75, 3.05) is 20.8 Å². The minimum atomic E-state index is -0.364. The lowest BCUT2D eigenvalue weighted by molar-refractivity contribution is 0.0954. The summed E-state index contributed by atoms with van der Waals surface area (Å²) in [6.07, 6.45) is 1.54. The van der Waals surface area contributed by atoms with Gasteiger partial charge in [-0.25, -0.2) is 5.43 Å². The largest absolute Gasteiger partial charge is 0.493 e. The third-order valence-electron chi connectivity index (χ3n) is 4.58. The van der Waals surface area contributed by atoms with Gasteiger partial charge in [-0.15, -0.1) is 0 Å². The van der Waals surface area contributed by atoms with Crippen LogP contribution in [0.5, 0.6) is 23.0 Å². The molecule has 33 heavy (non-hydrogen) atoms. The molecular weight excluding hydrogens is 535 g/mol. The molecule has 0 atom stereocenters. The molecule has 0 aliphatic rings. The lowest BCUT2D eigenvalue weighted by Gasteiger charge is -2.13. The Kier molecular flexibility index (Phi) is 8.94. The molecule has 1 N–H and O–H groups in total. The summed E-state index contributed by atoms with van der Waals surface area (Å²) >= 11 is 2.15. The van der Waals surface area contributed by atoms with E-state index < -0.39 is 0 Å². The van der Waals surface area contributed by atoms with Crippen LogP contribution in [0.2, 0.25) is 0 Å². The molecule has 3 rings (SSSR count). The van der Waals surface area contributed by atoms with E-state index in [9.17, 15) is 4.79 Å². The number of carbonyl (C=O) groups excluding carboxylic acids is 1. The molecule has 0 unspecified atom stereocenters. The normalized spacial score (nSPS) is 10.7. The highest BCUT2D eigenvalue weighted by atomic mass is 127.